The highest BCUT2D eigenvalue weighted by atomic mass is 16.4. The summed E-state index contributed by atoms with van der Waals surface area (Å²) in [5, 5.41) is 11.6. The number of nitrogens with two attached hydrogens (primary N) is 1. The van der Waals surface area contributed by atoms with Gasteiger partial charge in [0, 0.05) is 12.3 Å². The van der Waals surface area contributed by atoms with Crippen LogP contribution < -0.4 is 5.73 Å². The van der Waals surface area contributed by atoms with Crippen LogP contribution in [0, 0.1) is 0 Å². The molecule has 3 N–H and O–H groups in total. The van der Waals surface area contributed by atoms with Gasteiger partial charge in [0.05, 0.1) is 0 Å². The van der Waals surface area contributed by atoms with E-state index in [1.165, 1.54) is 12.3 Å². The largest absolute Gasteiger partial charge is 0.463 e. The van der Waals surface area contributed by atoms with E-state index >= 15 is 0 Å². The maximum atomic E-state index is 10.1. The summed E-state index contributed by atoms with van der Waals surface area (Å²) in [4.78, 5) is 10.1. The molecule has 9 heavy (non-hydrogen) atoms. The van der Waals surface area contributed by atoms with Crippen LogP contribution in [0.15, 0.2) is 12.3 Å². The normalized spacial score (nSPS) is 9.33. The number of hydrogen-bond donors (Lipinski definition) is 2. The van der Waals surface area contributed by atoms with E-state index in [0.717, 1.165) is 4.68 Å². The van der Waals surface area contributed by atoms with Crippen LogP contribution in [0.3, 0.4) is 0 Å². The molecular formula is C4H5N3O2. The van der Waals surface area contributed by atoms with Gasteiger partial charge in [-0.05, 0) is 0 Å². The van der Waals surface area contributed by atoms with E-state index < -0.39 is 6.09 Å². The Morgan fingerprint density at radius 2 is 2.56 bits per heavy atom. The molecule has 48 valence electrons. The number of carbonyl (C=O) groups is 1. The molecule has 0 bridgehead atoms. The van der Waals surface area contributed by atoms with Crippen LogP contribution in [-0.2, 0) is 0 Å². The molecule has 0 aliphatic heterocycles. The molecule has 1 rings (SSSR count). The lowest BCUT2D eigenvalue weighted by atomic mass is 10.7. The number of carboxylic acid groups (broad SMARTS) is 1. The van der Waals surface area contributed by atoms with Crippen molar-refractivity contribution in [1.82, 2.24) is 9.78 Å². The first-order chi connectivity index (χ1) is 4.20. The Bertz CT molecular complexity index is 229. The van der Waals surface area contributed by atoms with Crippen molar-refractivity contribution in [2.45, 2.75) is 0 Å². The Kier molecular flexibility index (Phi) is 1.11. The smallest absolute Gasteiger partial charge is 0.432 e. The number of hydrogen-bond acceptors (Lipinski definition) is 3. The zero-order valence-electron chi connectivity index (χ0n) is 4.48. The Labute approximate surface area is 50.7 Å². The van der Waals surface area contributed by atoms with Crippen molar-refractivity contribution in [2.24, 2.45) is 0 Å². The number of aromatic nitrogens is 2. The minimum absolute atomic E-state index is 0.206. The van der Waals surface area contributed by atoms with Gasteiger partial charge >= 0.3 is 6.09 Å². The van der Waals surface area contributed by atoms with Gasteiger partial charge < -0.3 is 10.8 Å². The van der Waals surface area contributed by atoms with Crippen molar-refractivity contribution in [3.8, 4) is 0 Å². The SMILES string of the molecule is Nc1ccn(C(=O)O)n1. The predicted octanol–water partition coefficient (Wildman–Crippen LogP) is -0.00860. The predicted molar refractivity (Wildman–Crippen MR) is 30.1 cm³/mol. The molecule has 0 saturated heterocycles. The fourth-order valence-corrected chi connectivity index (χ4v) is 0.445. The maximum absolute atomic E-state index is 10.1. The third-order valence-electron chi connectivity index (χ3n) is 0.806. The van der Waals surface area contributed by atoms with Crippen molar-refractivity contribution in [3.05, 3.63) is 12.3 Å². The minimum atomic E-state index is -1.13. The van der Waals surface area contributed by atoms with Gasteiger partial charge in [0.15, 0.2) is 0 Å². The monoisotopic (exact) mass is 127 g/mol. The van der Waals surface area contributed by atoms with Crippen molar-refractivity contribution in [3.63, 3.8) is 0 Å². The lowest BCUT2D eigenvalue weighted by Crippen LogP contribution is -2.08. The van der Waals surface area contributed by atoms with Gasteiger partial charge in [-0.1, -0.05) is 0 Å². The number of anilines is 1. The highest BCUT2D eigenvalue weighted by molar-refractivity contribution is 5.67. The molecule has 1 heterocycles. The molecule has 5 nitrogen and oxygen atoms in total. The lowest BCUT2D eigenvalue weighted by molar-refractivity contribution is 0.192. The van der Waals surface area contributed by atoms with E-state index in [1.807, 2.05) is 0 Å². The number of nitrogen functional groups attached to an aromatic ring is 1. The standard InChI is InChI=1S/C4H5N3O2/c5-3-1-2-7(6-3)4(8)9/h1-2H,(H2,5,6)(H,8,9). The van der Waals surface area contributed by atoms with Crippen molar-refractivity contribution < 1.29 is 9.90 Å². The van der Waals surface area contributed by atoms with E-state index in [1.54, 1.807) is 0 Å². The van der Waals surface area contributed by atoms with Gasteiger partial charge in [0.1, 0.15) is 5.82 Å². The van der Waals surface area contributed by atoms with Crippen LogP contribution in [0.25, 0.3) is 0 Å². The summed E-state index contributed by atoms with van der Waals surface area (Å²) in [6.07, 6.45) is 0.143. The molecule has 0 aliphatic carbocycles. The van der Waals surface area contributed by atoms with E-state index in [9.17, 15) is 4.79 Å². The fourth-order valence-electron chi connectivity index (χ4n) is 0.445. The minimum Gasteiger partial charge on any atom is -0.463 e. The van der Waals surface area contributed by atoms with Gasteiger partial charge in [-0.2, -0.15) is 4.68 Å². The summed E-state index contributed by atoms with van der Waals surface area (Å²) in [5.41, 5.74) is 5.12. The molecule has 0 fully saturated rings. The van der Waals surface area contributed by atoms with E-state index in [2.05, 4.69) is 5.10 Å². The Hall–Kier alpha value is -1.52. The van der Waals surface area contributed by atoms with Crippen molar-refractivity contribution in [1.29, 1.82) is 0 Å². The summed E-state index contributed by atoms with van der Waals surface area (Å²) in [5.74, 6) is 0.206. The molecular weight excluding hydrogens is 122 g/mol. The van der Waals surface area contributed by atoms with Gasteiger partial charge in [0.2, 0.25) is 0 Å². The second-order valence-electron chi connectivity index (χ2n) is 1.47. The summed E-state index contributed by atoms with van der Waals surface area (Å²) in [6, 6.07) is 1.41. The first-order valence-electron chi connectivity index (χ1n) is 2.24. The lowest BCUT2D eigenvalue weighted by Gasteiger charge is -1.86. The number of rotatable bonds is 0. The topological polar surface area (TPSA) is 81.1 Å². The van der Waals surface area contributed by atoms with Crippen LogP contribution >= 0.6 is 0 Å². The third kappa shape index (κ3) is 0.987. The highest BCUT2D eigenvalue weighted by Gasteiger charge is 1.99. The van der Waals surface area contributed by atoms with Gasteiger partial charge in [0.25, 0.3) is 0 Å². The Morgan fingerprint density at radius 3 is 2.78 bits per heavy atom. The zero-order valence-corrected chi connectivity index (χ0v) is 4.48. The van der Waals surface area contributed by atoms with Crippen LogP contribution in [-0.4, -0.2) is 21.0 Å². The maximum Gasteiger partial charge on any atom is 0.432 e. The first-order valence-corrected chi connectivity index (χ1v) is 2.24. The molecule has 5 heteroatoms. The highest BCUT2D eigenvalue weighted by Crippen LogP contribution is 1.93. The third-order valence-corrected chi connectivity index (χ3v) is 0.806. The van der Waals surface area contributed by atoms with Gasteiger partial charge in [-0.25, -0.2) is 4.79 Å². The molecule has 0 amide bonds. The second-order valence-corrected chi connectivity index (χ2v) is 1.47. The van der Waals surface area contributed by atoms with E-state index in [4.69, 9.17) is 10.8 Å². The molecule has 0 aromatic carbocycles. The van der Waals surface area contributed by atoms with E-state index in [0.29, 0.717) is 0 Å². The van der Waals surface area contributed by atoms with Crippen LogP contribution in [0.5, 0.6) is 0 Å². The van der Waals surface area contributed by atoms with Gasteiger partial charge in [-0.15, -0.1) is 5.10 Å². The van der Waals surface area contributed by atoms with Crippen LogP contribution in [0.4, 0.5) is 10.6 Å². The molecule has 0 unspecified atom stereocenters. The number of nitrogens with zero attached hydrogens (tertiary/aromatic N) is 2. The summed E-state index contributed by atoms with van der Waals surface area (Å²) >= 11 is 0. The van der Waals surface area contributed by atoms with Crippen molar-refractivity contribution >= 4 is 11.9 Å². The molecule has 1 aromatic heterocycles. The van der Waals surface area contributed by atoms with E-state index in [-0.39, 0.29) is 5.82 Å². The second kappa shape index (κ2) is 1.77. The average molecular weight is 127 g/mol. The molecule has 0 saturated carbocycles. The molecule has 0 spiro atoms. The molecule has 0 radical (unpaired) electrons. The Morgan fingerprint density at radius 1 is 1.89 bits per heavy atom. The molecule has 0 aliphatic rings. The summed E-state index contributed by atoms with van der Waals surface area (Å²) < 4.78 is 0.745. The van der Waals surface area contributed by atoms with Crippen LogP contribution in [0.1, 0.15) is 0 Å². The Balaban J connectivity index is 2.98. The summed E-state index contributed by atoms with van der Waals surface area (Å²) in [6.45, 7) is 0. The van der Waals surface area contributed by atoms with Crippen molar-refractivity contribution in [2.75, 3.05) is 5.73 Å². The summed E-state index contributed by atoms with van der Waals surface area (Å²) in [7, 11) is 0. The quantitative estimate of drug-likeness (QED) is 0.513. The molecule has 1 aromatic rings. The van der Waals surface area contributed by atoms with Crippen LogP contribution in [0.2, 0.25) is 0 Å². The zero-order chi connectivity index (χ0) is 6.85. The van der Waals surface area contributed by atoms with Gasteiger partial charge in [-0.3, -0.25) is 0 Å². The molecule has 0 atom stereocenters. The first kappa shape index (κ1) is 5.61. The fraction of sp³-hybridized carbons (Fsp3) is 0. The average Bonchev–Trinajstić information content (AvgIpc) is 2.14.